The number of ether oxygens (including phenoxy) is 4. The quantitative estimate of drug-likeness (QED) is 0.0470. The van der Waals surface area contributed by atoms with Gasteiger partial charge in [-0.2, -0.15) is 0 Å². The molecule has 3 aromatic heterocycles. The summed E-state index contributed by atoms with van der Waals surface area (Å²) in [4.78, 5) is 64.6. The predicted molar refractivity (Wildman–Crippen MR) is 304 cm³/mol. The molecule has 17 nitrogen and oxygen atoms in total. The molecule has 1 fully saturated rings. The van der Waals surface area contributed by atoms with E-state index in [0.717, 1.165) is 73.0 Å². The molecular formula is C57H72ClN9O8S2. The van der Waals surface area contributed by atoms with Crippen LogP contribution in [0.4, 0.5) is 0 Å². The number of likely N-dealkylation sites (N-methyl/N-ethyl adjacent to an activating group) is 1. The Hall–Kier alpha value is -6.19. The van der Waals surface area contributed by atoms with Crippen molar-refractivity contribution in [3.63, 3.8) is 0 Å². The highest BCUT2D eigenvalue weighted by atomic mass is 35.5. The second-order valence-corrected chi connectivity index (χ2v) is 21.1. The maximum absolute atomic E-state index is 14.1. The van der Waals surface area contributed by atoms with E-state index < -0.39 is 12.1 Å². The number of carbonyl (C=O) groups excluding carboxylic acids is 4. The van der Waals surface area contributed by atoms with Gasteiger partial charge >= 0.3 is 0 Å². The first kappa shape index (κ1) is 60.0. The SMILES string of the molecule is C=CC1=C(C=C)C(=O)N(C(C(=O)N2CCCC2C(=O)NCc2ccc(-c3scnc3C)cc2OCCOCCOCCOCCNC)C(C)C)C1.CC=O.Cc1sc2c(c1C)C(c1ccc(Cl)cc1)=NCc1nnc(C)n1-2. The lowest BCUT2D eigenvalue weighted by atomic mass is 10.00. The standard InChI is InChI=1S/C38H53N5O7S.C17H15ClN4S.C2H4O/c1-7-28-24-43(37(45)31(28)8-2)34(26(3)4)38(46)42-14-9-10-32(42)36(44)40-23-30-12-11-29(35-27(5)41-25-51-35)22-33(30)50-21-20-49-19-18-48-17-16-47-15-13-39-6;1-9-10(2)23-17-15(9)16(12-4-6-13(18)7-5-12)19-8-14-21-20-11(3)22(14)17;1-2-3/h7-8,11-12,22,25-26,32,34,39H,1-2,9-10,13-21,23-24H2,3-6H3,(H,40,44);4-7H,8H2,1-3H3;2H,1H3. The van der Waals surface area contributed by atoms with Gasteiger partial charge in [0.05, 0.1) is 61.4 Å². The van der Waals surface area contributed by atoms with Crippen LogP contribution in [0, 0.1) is 33.6 Å². The molecule has 5 aromatic rings. The maximum atomic E-state index is 14.1. The summed E-state index contributed by atoms with van der Waals surface area (Å²) in [5, 5.41) is 16.5. The van der Waals surface area contributed by atoms with Crippen molar-refractivity contribution in [3.8, 4) is 21.2 Å². The summed E-state index contributed by atoms with van der Waals surface area (Å²) in [7, 11) is 1.88. The maximum Gasteiger partial charge on any atom is 0.255 e. The highest BCUT2D eigenvalue weighted by Gasteiger charge is 2.44. The van der Waals surface area contributed by atoms with Crippen molar-refractivity contribution in [2.45, 2.75) is 86.5 Å². The molecule has 3 aliphatic heterocycles. The van der Waals surface area contributed by atoms with E-state index in [4.69, 9.17) is 40.3 Å². The van der Waals surface area contributed by atoms with Gasteiger partial charge in [-0.05, 0) is 95.3 Å². The van der Waals surface area contributed by atoms with Crippen molar-refractivity contribution >= 4 is 64.0 Å². The van der Waals surface area contributed by atoms with Gasteiger partial charge in [-0.15, -0.1) is 32.9 Å². The highest BCUT2D eigenvalue weighted by molar-refractivity contribution is 7.15. The summed E-state index contributed by atoms with van der Waals surface area (Å²) >= 11 is 9.36. The number of amides is 3. The van der Waals surface area contributed by atoms with Crippen LogP contribution in [0.25, 0.3) is 15.4 Å². The first-order valence-electron chi connectivity index (χ1n) is 25.8. The fraction of sp³-hybridized carbons (Fsp3) is 0.439. The van der Waals surface area contributed by atoms with E-state index in [9.17, 15) is 14.4 Å². The topological polar surface area (TPSA) is 192 Å². The zero-order valence-corrected chi connectivity index (χ0v) is 47.9. The van der Waals surface area contributed by atoms with Crippen molar-refractivity contribution in [2.24, 2.45) is 10.9 Å². The van der Waals surface area contributed by atoms with E-state index in [2.05, 4.69) is 57.4 Å². The largest absolute Gasteiger partial charge is 0.491 e. The molecule has 0 spiro atoms. The van der Waals surface area contributed by atoms with E-state index >= 15 is 0 Å². The zero-order valence-electron chi connectivity index (χ0n) is 45.5. The molecule has 0 saturated carbocycles. The molecule has 77 heavy (non-hydrogen) atoms. The number of likely N-dealkylation sites (tertiary alicyclic amines) is 1. The highest BCUT2D eigenvalue weighted by Crippen LogP contribution is 2.37. The fourth-order valence-corrected chi connectivity index (χ4v) is 11.3. The lowest BCUT2D eigenvalue weighted by molar-refractivity contribution is -0.147. The van der Waals surface area contributed by atoms with Gasteiger partial charge in [0.25, 0.3) is 5.91 Å². The molecule has 1 saturated heterocycles. The smallest absolute Gasteiger partial charge is 0.255 e. The number of benzene rings is 2. The van der Waals surface area contributed by atoms with E-state index in [0.29, 0.717) is 83.5 Å². The second kappa shape index (κ2) is 29.5. The predicted octanol–water partition coefficient (Wildman–Crippen LogP) is 8.37. The van der Waals surface area contributed by atoms with Crippen LogP contribution in [-0.2, 0) is 46.5 Å². The number of hydrogen-bond donors (Lipinski definition) is 2. The number of nitrogens with one attached hydrogen (secondary N) is 2. The molecule has 3 aliphatic rings. The molecule has 2 unspecified atom stereocenters. The summed E-state index contributed by atoms with van der Waals surface area (Å²) in [6, 6.07) is 12.4. The normalized spacial score (nSPS) is 15.2. The Bertz CT molecular complexity index is 2910. The number of halogens is 1. The van der Waals surface area contributed by atoms with Crippen LogP contribution in [0.3, 0.4) is 0 Å². The Morgan fingerprint density at radius 1 is 0.935 bits per heavy atom. The van der Waals surface area contributed by atoms with Gasteiger partial charge in [-0.25, -0.2) is 4.98 Å². The molecule has 412 valence electrons. The summed E-state index contributed by atoms with van der Waals surface area (Å²) in [6.07, 6.45) is 5.15. The number of carbonyl (C=O) groups is 4. The second-order valence-electron chi connectivity index (χ2n) is 18.6. The molecule has 3 amide bonds. The van der Waals surface area contributed by atoms with Crippen molar-refractivity contribution < 1.29 is 38.1 Å². The molecule has 0 bridgehead atoms. The summed E-state index contributed by atoms with van der Waals surface area (Å²) in [6.45, 7) is 26.7. The zero-order chi connectivity index (χ0) is 55.6. The van der Waals surface area contributed by atoms with Crippen molar-refractivity contribution in [2.75, 3.05) is 72.9 Å². The van der Waals surface area contributed by atoms with Crippen molar-refractivity contribution in [3.05, 3.63) is 134 Å². The van der Waals surface area contributed by atoms with Gasteiger partial charge in [-0.1, -0.05) is 75.0 Å². The van der Waals surface area contributed by atoms with E-state index in [1.165, 1.54) is 29.0 Å². The molecule has 6 heterocycles. The third-order valence-electron chi connectivity index (χ3n) is 13.1. The Labute approximate surface area is 465 Å². The number of thiophene rings is 1. The number of rotatable bonds is 23. The monoisotopic (exact) mass is 1110 g/mol. The molecule has 20 heteroatoms. The number of nitrogens with zero attached hydrogens (tertiary/aromatic N) is 7. The van der Waals surface area contributed by atoms with Crippen LogP contribution < -0.4 is 15.4 Å². The van der Waals surface area contributed by atoms with Gasteiger partial charge in [0.15, 0.2) is 5.82 Å². The first-order chi connectivity index (χ1) is 37.2. The third-order valence-corrected chi connectivity index (χ3v) is 15.6. The Morgan fingerprint density at radius 3 is 2.23 bits per heavy atom. The average Bonchev–Trinajstić information content (AvgIpc) is 4.34. The van der Waals surface area contributed by atoms with Crippen LogP contribution in [-0.4, -0.2) is 144 Å². The summed E-state index contributed by atoms with van der Waals surface area (Å²) in [5.41, 5.74) is 10.3. The minimum atomic E-state index is -0.711. The van der Waals surface area contributed by atoms with Gasteiger partial charge in [-0.3, -0.25) is 23.9 Å². The van der Waals surface area contributed by atoms with Gasteiger partial charge in [0.1, 0.15) is 48.1 Å². The Morgan fingerprint density at radius 2 is 1.61 bits per heavy atom. The Kier molecular flexibility index (Phi) is 23.0. The number of aliphatic imine (C=N–C) groups is 1. The third kappa shape index (κ3) is 15.1. The minimum absolute atomic E-state index is 0.161. The van der Waals surface area contributed by atoms with E-state index in [-0.39, 0.29) is 36.7 Å². The molecule has 0 aliphatic carbocycles. The molecule has 8 rings (SSSR count). The van der Waals surface area contributed by atoms with Crippen LogP contribution in [0.15, 0.2) is 89.4 Å². The molecule has 2 atom stereocenters. The van der Waals surface area contributed by atoms with Gasteiger partial charge in [0.2, 0.25) is 11.8 Å². The number of aldehydes is 1. The first-order valence-corrected chi connectivity index (χ1v) is 27.9. The number of aryl methyl sites for hydroxylation is 3. The number of hydrogen-bond acceptors (Lipinski definition) is 15. The van der Waals surface area contributed by atoms with E-state index in [1.54, 1.807) is 38.5 Å². The van der Waals surface area contributed by atoms with Gasteiger partial charge in [0, 0.05) is 58.3 Å². The van der Waals surface area contributed by atoms with Crippen LogP contribution in [0.2, 0.25) is 5.02 Å². The lowest BCUT2D eigenvalue weighted by Gasteiger charge is -2.35. The minimum Gasteiger partial charge on any atom is -0.491 e. The molecule has 2 N–H and O–H groups in total. The van der Waals surface area contributed by atoms with Crippen molar-refractivity contribution in [1.82, 2.24) is 40.2 Å². The molecule has 2 aromatic carbocycles. The van der Waals surface area contributed by atoms with Crippen LogP contribution in [0.5, 0.6) is 5.75 Å². The molecule has 0 radical (unpaired) electrons. The van der Waals surface area contributed by atoms with Crippen LogP contribution in [0.1, 0.15) is 78.1 Å². The molecular weight excluding hydrogens is 1040 g/mol. The Balaban J connectivity index is 0.000000303. The van der Waals surface area contributed by atoms with Gasteiger partial charge < -0.3 is 44.2 Å². The summed E-state index contributed by atoms with van der Waals surface area (Å²) in [5.74, 6) is 1.55. The van der Waals surface area contributed by atoms with E-state index in [1.807, 2.05) is 82.7 Å². The number of aromatic nitrogens is 4. The van der Waals surface area contributed by atoms with Crippen LogP contribution >= 0.6 is 34.3 Å². The average molecular weight is 1110 g/mol. The number of thiazole rings is 1. The lowest BCUT2D eigenvalue weighted by Crippen LogP contribution is -2.55. The van der Waals surface area contributed by atoms with Crippen molar-refractivity contribution in [1.29, 1.82) is 0 Å². The fourth-order valence-electron chi connectivity index (χ4n) is 9.17. The summed E-state index contributed by atoms with van der Waals surface area (Å²) < 4.78 is 25.0. The number of fused-ring (bicyclic) bond motifs is 3.